The normalized spacial score (nSPS) is 16.2. The fourth-order valence-electron chi connectivity index (χ4n) is 2.34. The summed E-state index contributed by atoms with van der Waals surface area (Å²) >= 11 is 3.35. The number of nitrogens with zero attached hydrogens (tertiary/aromatic N) is 3. The van der Waals surface area contributed by atoms with E-state index >= 15 is 0 Å². The first-order valence-electron chi connectivity index (χ1n) is 6.11. The summed E-state index contributed by atoms with van der Waals surface area (Å²) in [7, 11) is 0. The van der Waals surface area contributed by atoms with E-state index in [0.29, 0.717) is 0 Å². The van der Waals surface area contributed by atoms with Crippen LogP contribution in [0.25, 0.3) is 10.2 Å². The molecule has 1 aliphatic rings. The van der Waals surface area contributed by atoms with E-state index in [1.54, 1.807) is 29.4 Å². The van der Waals surface area contributed by atoms with E-state index < -0.39 is 0 Å². The molecule has 3 rings (SSSR count). The van der Waals surface area contributed by atoms with Gasteiger partial charge in [0.25, 0.3) is 0 Å². The lowest BCUT2D eigenvalue weighted by atomic mass is 9.97. The fraction of sp³-hybridized carbons (Fsp3) is 0.462. The van der Waals surface area contributed by atoms with Gasteiger partial charge < -0.3 is 0 Å². The number of aryl methyl sites for hydroxylation is 2. The Labute approximate surface area is 114 Å². The van der Waals surface area contributed by atoms with Crippen molar-refractivity contribution in [2.24, 2.45) is 0 Å². The van der Waals surface area contributed by atoms with Crippen LogP contribution in [0.1, 0.15) is 30.2 Å². The molecular formula is C13H13N3S2. The van der Waals surface area contributed by atoms with E-state index in [0.717, 1.165) is 16.3 Å². The molecule has 0 aliphatic heterocycles. The molecule has 0 fully saturated rings. The number of aromatic nitrogens is 2. The molecule has 0 N–H and O–H groups in total. The van der Waals surface area contributed by atoms with E-state index in [-0.39, 0.29) is 5.25 Å². The van der Waals surface area contributed by atoms with Crippen LogP contribution in [0, 0.1) is 11.3 Å². The second-order valence-electron chi connectivity index (χ2n) is 4.46. The second-order valence-corrected chi connectivity index (χ2v) is 6.87. The first-order valence-corrected chi connectivity index (χ1v) is 7.80. The van der Waals surface area contributed by atoms with Crippen molar-refractivity contribution in [1.29, 1.82) is 5.26 Å². The number of rotatable bonds is 2. The maximum absolute atomic E-state index is 8.95. The van der Waals surface area contributed by atoms with Gasteiger partial charge in [0.15, 0.2) is 0 Å². The van der Waals surface area contributed by atoms with Crippen molar-refractivity contribution in [2.75, 3.05) is 0 Å². The number of thioether (sulfide) groups is 1. The lowest BCUT2D eigenvalue weighted by molar-refractivity contribution is 0.699. The van der Waals surface area contributed by atoms with E-state index in [1.165, 1.54) is 35.1 Å². The minimum Gasteiger partial charge on any atom is -0.229 e. The number of fused-ring (bicyclic) bond motifs is 3. The molecule has 0 saturated heterocycles. The molecule has 1 aliphatic carbocycles. The van der Waals surface area contributed by atoms with Crippen LogP contribution in [0.15, 0.2) is 11.4 Å². The molecule has 2 aromatic heterocycles. The van der Waals surface area contributed by atoms with Crippen LogP contribution in [0.2, 0.25) is 0 Å². The minimum absolute atomic E-state index is 0.0674. The van der Waals surface area contributed by atoms with Crippen LogP contribution in [-0.4, -0.2) is 15.2 Å². The highest BCUT2D eigenvalue weighted by Crippen LogP contribution is 2.39. The average Bonchev–Trinajstić information content (AvgIpc) is 2.78. The van der Waals surface area contributed by atoms with Crippen molar-refractivity contribution in [2.45, 2.75) is 42.9 Å². The molecule has 18 heavy (non-hydrogen) atoms. The summed E-state index contributed by atoms with van der Waals surface area (Å²) < 4.78 is 0. The standard InChI is InChI=1S/C13H13N3S2/c1-8(6-14)17-12-11-9-4-2-3-5-10(9)18-13(11)16-7-15-12/h7-8H,2-5H2,1H3/t8-/m1/s1. The number of hydrogen-bond acceptors (Lipinski definition) is 5. The Kier molecular flexibility index (Phi) is 3.23. The molecule has 0 unspecified atom stereocenters. The van der Waals surface area contributed by atoms with Gasteiger partial charge in [-0.3, -0.25) is 0 Å². The zero-order valence-electron chi connectivity index (χ0n) is 10.1. The summed E-state index contributed by atoms with van der Waals surface area (Å²) in [5, 5.41) is 11.1. The molecular weight excluding hydrogens is 262 g/mol. The molecule has 3 nitrogen and oxygen atoms in total. The third kappa shape index (κ3) is 2.00. The van der Waals surface area contributed by atoms with Crippen LogP contribution in [-0.2, 0) is 12.8 Å². The average molecular weight is 275 g/mol. The summed E-state index contributed by atoms with van der Waals surface area (Å²) in [6.07, 6.45) is 6.47. The Hall–Kier alpha value is -1.12. The molecule has 1 atom stereocenters. The topological polar surface area (TPSA) is 49.6 Å². The Morgan fingerprint density at radius 3 is 3.06 bits per heavy atom. The maximum Gasteiger partial charge on any atom is 0.128 e. The van der Waals surface area contributed by atoms with Crippen molar-refractivity contribution in [3.05, 3.63) is 16.8 Å². The van der Waals surface area contributed by atoms with Gasteiger partial charge in [-0.1, -0.05) is 11.8 Å². The van der Waals surface area contributed by atoms with Gasteiger partial charge in [0.2, 0.25) is 0 Å². The summed E-state index contributed by atoms with van der Waals surface area (Å²) in [5.74, 6) is 0. The van der Waals surface area contributed by atoms with Gasteiger partial charge in [-0.05, 0) is 38.2 Å². The number of hydrogen-bond donors (Lipinski definition) is 0. The summed E-state index contributed by atoms with van der Waals surface area (Å²) in [5.41, 5.74) is 1.44. The van der Waals surface area contributed by atoms with Crippen LogP contribution in [0.3, 0.4) is 0 Å². The predicted octanol–water partition coefficient (Wildman–Crippen LogP) is 3.57. The second kappa shape index (κ2) is 4.87. The summed E-state index contributed by atoms with van der Waals surface area (Å²) in [4.78, 5) is 11.3. The van der Waals surface area contributed by atoms with Crippen molar-refractivity contribution < 1.29 is 0 Å². The highest BCUT2D eigenvalue weighted by molar-refractivity contribution is 8.00. The predicted molar refractivity (Wildman–Crippen MR) is 75.0 cm³/mol. The molecule has 5 heteroatoms. The molecule has 2 aromatic rings. The van der Waals surface area contributed by atoms with Gasteiger partial charge in [-0.25, -0.2) is 9.97 Å². The molecule has 2 heterocycles. The van der Waals surface area contributed by atoms with Crippen LogP contribution in [0.5, 0.6) is 0 Å². The Bertz CT molecular complexity index is 627. The summed E-state index contributed by atoms with van der Waals surface area (Å²) in [6, 6.07) is 2.26. The lowest BCUT2D eigenvalue weighted by Crippen LogP contribution is -2.00. The minimum atomic E-state index is -0.0674. The van der Waals surface area contributed by atoms with Crippen LogP contribution < -0.4 is 0 Å². The zero-order valence-corrected chi connectivity index (χ0v) is 11.8. The fourth-order valence-corrected chi connectivity index (χ4v) is 4.47. The maximum atomic E-state index is 8.95. The Morgan fingerprint density at radius 1 is 1.39 bits per heavy atom. The van der Waals surface area contributed by atoms with Crippen molar-refractivity contribution in [1.82, 2.24) is 9.97 Å². The monoisotopic (exact) mass is 275 g/mol. The highest BCUT2D eigenvalue weighted by atomic mass is 32.2. The number of thiophene rings is 1. The van der Waals surface area contributed by atoms with Gasteiger partial charge >= 0.3 is 0 Å². The first-order chi connectivity index (χ1) is 8.79. The third-order valence-corrected chi connectivity index (χ3v) is 5.38. The summed E-state index contributed by atoms with van der Waals surface area (Å²) in [6.45, 7) is 1.91. The quantitative estimate of drug-likeness (QED) is 0.621. The Balaban J connectivity index is 2.14. The molecule has 0 aromatic carbocycles. The molecule has 0 radical (unpaired) electrons. The van der Waals surface area contributed by atoms with Crippen molar-refractivity contribution >= 4 is 33.3 Å². The van der Waals surface area contributed by atoms with Gasteiger partial charge in [0.1, 0.15) is 16.2 Å². The van der Waals surface area contributed by atoms with E-state index in [9.17, 15) is 0 Å². The van der Waals surface area contributed by atoms with Gasteiger partial charge in [0, 0.05) is 10.3 Å². The smallest absolute Gasteiger partial charge is 0.128 e. The van der Waals surface area contributed by atoms with E-state index in [1.807, 2.05) is 6.92 Å². The van der Waals surface area contributed by atoms with Crippen molar-refractivity contribution in [3.63, 3.8) is 0 Å². The Morgan fingerprint density at radius 2 is 2.22 bits per heavy atom. The van der Waals surface area contributed by atoms with E-state index in [2.05, 4.69) is 16.0 Å². The lowest BCUT2D eigenvalue weighted by Gasteiger charge is -2.11. The molecule has 0 amide bonds. The van der Waals surface area contributed by atoms with Gasteiger partial charge in [-0.2, -0.15) is 5.26 Å². The third-order valence-electron chi connectivity index (χ3n) is 3.19. The molecule has 0 saturated carbocycles. The number of nitriles is 1. The first kappa shape index (κ1) is 11.9. The van der Waals surface area contributed by atoms with Crippen molar-refractivity contribution in [3.8, 4) is 6.07 Å². The van der Waals surface area contributed by atoms with Gasteiger partial charge in [0.05, 0.1) is 11.3 Å². The molecule has 92 valence electrons. The van der Waals surface area contributed by atoms with Crippen LogP contribution >= 0.6 is 23.1 Å². The molecule has 0 spiro atoms. The largest absolute Gasteiger partial charge is 0.229 e. The van der Waals surface area contributed by atoms with Crippen LogP contribution in [0.4, 0.5) is 0 Å². The highest BCUT2D eigenvalue weighted by Gasteiger charge is 2.20. The zero-order chi connectivity index (χ0) is 12.5. The van der Waals surface area contributed by atoms with E-state index in [4.69, 9.17) is 5.26 Å². The van der Waals surface area contributed by atoms with Gasteiger partial charge in [-0.15, -0.1) is 11.3 Å². The SMILES string of the molecule is C[C@H](C#N)Sc1ncnc2sc3c(c12)CCCC3. The molecule has 0 bridgehead atoms.